The molecule has 0 bridgehead atoms. The van der Waals surface area contributed by atoms with Crippen molar-refractivity contribution in [2.75, 3.05) is 26.2 Å². The van der Waals surface area contributed by atoms with Crippen LogP contribution in [0.15, 0.2) is 48.5 Å². The fourth-order valence-electron chi connectivity index (χ4n) is 3.59. The van der Waals surface area contributed by atoms with Gasteiger partial charge in [0, 0.05) is 30.2 Å². The number of piperidine rings is 1. The SMILES string of the molecule is Cc1ccccc1C(=O)N(CCN1CCC(C)CC1)Cc1ccc(Cl)cc1. The van der Waals surface area contributed by atoms with Crippen molar-refractivity contribution in [3.63, 3.8) is 0 Å². The number of hydrogen-bond donors (Lipinski definition) is 0. The third-order valence-electron chi connectivity index (χ3n) is 5.51. The molecule has 2 aromatic rings. The van der Waals surface area contributed by atoms with Crippen molar-refractivity contribution in [3.8, 4) is 0 Å². The quantitative estimate of drug-likeness (QED) is 0.697. The fourth-order valence-corrected chi connectivity index (χ4v) is 3.72. The molecule has 1 saturated heterocycles. The maximum atomic E-state index is 13.2. The van der Waals surface area contributed by atoms with Gasteiger partial charge >= 0.3 is 0 Å². The van der Waals surface area contributed by atoms with Crippen LogP contribution in [0.1, 0.15) is 41.3 Å². The van der Waals surface area contributed by atoms with Gasteiger partial charge in [0.1, 0.15) is 0 Å². The molecule has 0 N–H and O–H groups in total. The van der Waals surface area contributed by atoms with Crippen LogP contribution in [0, 0.1) is 12.8 Å². The highest BCUT2D eigenvalue weighted by Crippen LogP contribution is 2.18. The van der Waals surface area contributed by atoms with Gasteiger partial charge in [-0.05, 0) is 68.1 Å². The molecule has 0 aromatic heterocycles. The zero-order valence-electron chi connectivity index (χ0n) is 16.3. The van der Waals surface area contributed by atoms with Crippen LogP contribution >= 0.6 is 11.6 Å². The molecule has 0 saturated carbocycles. The third-order valence-corrected chi connectivity index (χ3v) is 5.76. The van der Waals surface area contributed by atoms with E-state index in [1.807, 2.05) is 60.4 Å². The van der Waals surface area contributed by atoms with E-state index in [0.29, 0.717) is 6.54 Å². The minimum Gasteiger partial charge on any atom is -0.333 e. The second-order valence-corrected chi connectivity index (χ2v) is 8.13. The Morgan fingerprint density at radius 2 is 1.78 bits per heavy atom. The molecule has 1 aliphatic rings. The lowest BCUT2D eigenvalue weighted by atomic mass is 9.99. The summed E-state index contributed by atoms with van der Waals surface area (Å²) >= 11 is 6.01. The molecule has 0 radical (unpaired) electrons. The predicted molar refractivity (Wildman–Crippen MR) is 112 cm³/mol. The van der Waals surface area contributed by atoms with Crippen molar-refractivity contribution >= 4 is 17.5 Å². The van der Waals surface area contributed by atoms with Crippen molar-refractivity contribution in [2.45, 2.75) is 33.2 Å². The molecule has 1 fully saturated rings. The van der Waals surface area contributed by atoms with Gasteiger partial charge in [-0.1, -0.05) is 48.9 Å². The molecule has 4 heteroatoms. The van der Waals surface area contributed by atoms with Crippen LogP contribution in [0.3, 0.4) is 0 Å². The first-order valence-corrected chi connectivity index (χ1v) is 10.2. The van der Waals surface area contributed by atoms with Crippen molar-refractivity contribution in [1.29, 1.82) is 0 Å². The Bertz CT molecular complexity index is 751. The first-order valence-electron chi connectivity index (χ1n) is 9.84. The summed E-state index contributed by atoms with van der Waals surface area (Å²) in [6.07, 6.45) is 2.51. The summed E-state index contributed by atoms with van der Waals surface area (Å²) in [6.45, 7) is 8.87. The van der Waals surface area contributed by atoms with E-state index in [1.165, 1.54) is 12.8 Å². The number of rotatable bonds is 6. The average molecular weight is 385 g/mol. The first-order chi connectivity index (χ1) is 13.0. The van der Waals surface area contributed by atoms with Crippen molar-refractivity contribution in [2.24, 2.45) is 5.92 Å². The van der Waals surface area contributed by atoms with Crippen LogP contribution in [0.4, 0.5) is 0 Å². The number of halogens is 1. The molecule has 27 heavy (non-hydrogen) atoms. The smallest absolute Gasteiger partial charge is 0.254 e. The molecule has 1 amide bonds. The highest BCUT2D eigenvalue weighted by molar-refractivity contribution is 6.30. The highest BCUT2D eigenvalue weighted by atomic mass is 35.5. The van der Waals surface area contributed by atoms with E-state index >= 15 is 0 Å². The Labute approximate surface area is 167 Å². The van der Waals surface area contributed by atoms with E-state index in [9.17, 15) is 4.79 Å². The van der Waals surface area contributed by atoms with Gasteiger partial charge in [0.15, 0.2) is 0 Å². The Morgan fingerprint density at radius 1 is 1.11 bits per heavy atom. The van der Waals surface area contributed by atoms with E-state index in [2.05, 4.69) is 11.8 Å². The van der Waals surface area contributed by atoms with Gasteiger partial charge in [0.25, 0.3) is 5.91 Å². The van der Waals surface area contributed by atoms with Crippen LogP contribution in [0.25, 0.3) is 0 Å². The maximum Gasteiger partial charge on any atom is 0.254 e. The molecule has 2 aromatic carbocycles. The van der Waals surface area contributed by atoms with Crippen LogP contribution < -0.4 is 0 Å². The summed E-state index contributed by atoms with van der Waals surface area (Å²) in [5.41, 5.74) is 2.92. The highest BCUT2D eigenvalue weighted by Gasteiger charge is 2.21. The van der Waals surface area contributed by atoms with Gasteiger partial charge in [-0.2, -0.15) is 0 Å². The van der Waals surface area contributed by atoms with E-state index in [1.54, 1.807) is 0 Å². The number of nitrogens with zero attached hydrogens (tertiary/aromatic N) is 2. The lowest BCUT2D eigenvalue weighted by Gasteiger charge is -2.32. The molecule has 3 nitrogen and oxygen atoms in total. The van der Waals surface area contributed by atoms with Gasteiger partial charge in [-0.3, -0.25) is 4.79 Å². The first kappa shape index (κ1) is 19.9. The van der Waals surface area contributed by atoms with E-state index in [0.717, 1.165) is 53.8 Å². The summed E-state index contributed by atoms with van der Waals surface area (Å²) in [5, 5.41) is 0.720. The summed E-state index contributed by atoms with van der Waals surface area (Å²) in [7, 11) is 0. The number of benzene rings is 2. The number of hydrogen-bond acceptors (Lipinski definition) is 2. The minimum absolute atomic E-state index is 0.105. The van der Waals surface area contributed by atoms with Crippen molar-refractivity contribution in [3.05, 3.63) is 70.2 Å². The predicted octanol–water partition coefficient (Wildman–Crippen LogP) is 5.02. The number of aryl methyl sites for hydroxylation is 1. The van der Waals surface area contributed by atoms with Crippen LogP contribution in [-0.2, 0) is 6.54 Å². The maximum absolute atomic E-state index is 13.2. The lowest BCUT2D eigenvalue weighted by molar-refractivity contribution is 0.0708. The zero-order valence-corrected chi connectivity index (χ0v) is 17.1. The molecular weight excluding hydrogens is 356 g/mol. The molecular formula is C23H29ClN2O. The van der Waals surface area contributed by atoms with Gasteiger partial charge in [-0.15, -0.1) is 0 Å². The number of amides is 1. The molecule has 0 aliphatic carbocycles. The Kier molecular flexibility index (Phi) is 6.92. The minimum atomic E-state index is 0.105. The van der Waals surface area contributed by atoms with Gasteiger partial charge < -0.3 is 9.80 Å². The summed E-state index contributed by atoms with van der Waals surface area (Å²) in [5.74, 6) is 0.924. The lowest BCUT2D eigenvalue weighted by Crippen LogP contribution is -2.41. The van der Waals surface area contributed by atoms with Crippen LogP contribution in [0.2, 0.25) is 5.02 Å². The zero-order chi connectivity index (χ0) is 19.2. The molecule has 3 rings (SSSR count). The van der Waals surface area contributed by atoms with E-state index in [-0.39, 0.29) is 5.91 Å². The Balaban J connectivity index is 1.72. The molecule has 144 valence electrons. The molecule has 0 atom stereocenters. The number of carbonyl (C=O) groups is 1. The molecule has 1 aliphatic heterocycles. The normalized spacial score (nSPS) is 15.7. The van der Waals surface area contributed by atoms with E-state index in [4.69, 9.17) is 11.6 Å². The van der Waals surface area contributed by atoms with Gasteiger partial charge in [0.05, 0.1) is 0 Å². The topological polar surface area (TPSA) is 23.6 Å². The fraction of sp³-hybridized carbons (Fsp3) is 0.435. The number of likely N-dealkylation sites (tertiary alicyclic amines) is 1. The Hall–Kier alpha value is -1.84. The standard InChI is InChI=1S/C23H29ClN2O/c1-18-11-13-25(14-12-18)15-16-26(17-20-7-9-21(24)10-8-20)23(27)22-6-4-3-5-19(22)2/h3-10,18H,11-17H2,1-2H3. The van der Waals surface area contributed by atoms with Crippen molar-refractivity contribution < 1.29 is 4.79 Å². The molecule has 0 unspecified atom stereocenters. The Morgan fingerprint density at radius 3 is 2.44 bits per heavy atom. The second kappa shape index (κ2) is 9.38. The third kappa shape index (κ3) is 5.57. The number of carbonyl (C=O) groups excluding carboxylic acids is 1. The molecule has 1 heterocycles. The second-order valence-electron chi connectivity index (χ2n) is 7.69. The van der Waals surface area contributed by atoms with Crippen LogP contribution in [-0.4, -0.2) is 41.9 Å². The summed E-state index contributed by atoms with van der Waals surface area (Å²) in [4.78, 5) is 17.7. The average Bonchev–Trinajstić information content (AvgIpc) is 2.68. The van der Waals surface area contributed by atoms with E-state index < -0.39 is 0 Å². The summed E-state index contributed by atoms with van der Waals surface area (Å²) < 4.78 is 0. The monoisotopic (exact) mass is 384 g/mol. The van der Waals surface area contributed by atoms with Crippen molar-refractivity contribution in [1.82, 2.24) is 9.80 Å². The summed E-state index contributed by atoms with van der Waals surface area (Å²) in [6, 6.07) is 15.6. The van der Waals surface area contributed by atoms with Gasteiger partial charge in [0.2, 0.25) is 0 Å². The van der Waals surface area contributed by atoms with Crippen LogP contribution in [0.5, 0.6) is 0 Å². The largest absolute Gasteiger partial charge is 0.333 e. The van der Waals surface area contributed by atoms with Gasteiger partial charge in [-0.25, -0.2) is 0 Å². The molecule has 0 spiro atoms.